The van der Waals surface area contributed by atoms with Crippen LogP contribution < -0.4 is 15.2 Å². The molecule has 90 valence electrons. The molecule has 0 amide bonds. The number of benzene rings is 1. The summed E-state index contributed by atoms with van der Waals surface area (Å²) in [6.45, 7) is 4.77. The Hall–Kier alpha value is -1.82. The van der Waals surface area contributed by atoms with Gasteiger partial charge in [0.15, 0.2) is 11.5 Å². The van der Waals surface area contributed by atoms with Gasteiger partial charge >= 0.3 is 0 Å². The highest BCUT2D eigenvalue weighted by molar-refractivity contribution is 5.79. The molecule has 1 aromatic carbocycles. The van der Waals surface area contributed by atoms with Crippen molar-refractivity contribution >= 4 is 11.0 Å². The third-order valence-corrected chi connectivity index (χ3v) is 2.57. The standard InChI is InChI=1S/C11H14N4O2/c1-11(2,12)5-15-8-4-10-9(16-6-17-10)3-7(8)13-14-15/h3-4H,5-6,12H2,1-2H3. The third-order valence-electron chi connectivity index (χ3n) is 2.57. The van der Waals surface area contributed by atoms with Crippen LogP contribution in [-0.4, -0.2) is 27.3 Å². The van der Waals surface area contributed by atoms with Gasteiger partial charge in [0, 0.05) is 17.7 Å². The lowest BCUT2D eigenvalue weighted by Crippen LogP contribution is -2.37. The summed E-state index contributed by atoms with van der Waals surface area (Å²) in [6, 6.07) is 3.73. The molecule has 6 nitrogen and oxygen atoms in total. The van der Waals surface area contributed by atoms with E-state index in [9.17, 15) is 0 Å². The van der Waals surface area contributed by atoms with Gasteiger partial charge < -0.3 is 15.2 Å². The van der Waals surface area contributed by atoms with Crippen molar-refractivity contribution in [3.05, 3.63) is 12.1 Å². The van der Waals surface area contributed by atoms with Crippen LogP contribution in [0.5, 0.6) is 11.5 Å². The van der Waals surface area contributed by atoms with E-state index in [1.165, 1.54) is 0 Å². The van der Waals surface area contributed by atoms with E-state index in [4.69, 9.17) is 15.2 Å². The Kier molecular flexibility index (Phi) is 2.03. The maximum Gasteiger partial charge on any atom is 0.231 e. The summed E-state index contributed by atoms with van der Waals surface area (Å²) in [6.07, 6.45) is 0. The zero-order valence-corrected chi connectivity index (χ0v) is 9.80. The molecule has 0 spiro atoms. The van der Waals surface area contributed by atoms with Gasteiger partial charge in [0.05, 0.1) is 12.1 Å². The van der Waals surface area contributed by atoms with Gasteiger partial charge in [-0.25, -0.2) is 4.68 Å². The van der Waals surface area contributed by atoms with Gasteiger partial charge in [0.2, 0.25) is 6.79 Å². The van der Waals surface area contributed by atoms with E-state index in [-0.39, 0.29) is 12.3 Å². The zero-order chi connectivity index (χ0) is 12.0. The minimum atomic E-state index is -0.336. The Morgan fingerprint density at radius 3 is 2.76 bits per heavy atom. The van der Waals surface area contributed by atoms with Gasteiger partial charge in [-0.05, 0) is 13.8 Å². The van der Waals surface area contributed by atoms with E-state index in [2.05, 4.69) is 10.3 Å². The Bertz CT molecular complexity index is 571. The van der Waals surface area contributed by atoms with Gasteiger partial charge in [0.25, 0.3) is 0 Å². The molecule has 3 rings (SSSR count). The van der Waals surface area contributed by atoms with Gasteiger partial charge in [0.1, 0.15) is 5.52 Å². The molecule has 0 saturated carbocycles. The minimum Gasteiger partial charge on any atom is -0.454 e. The van der Waals surface area contributed by atoms with E-state index >= 15 is 0 Å². The zero-order valence-electron chi connectivity index (χ0n) is 9.80. The van der Waals surface area contributed by atoms with Crippen molar-refractivity contribution in [1.82, 2.24) is 15.0 Å². The first-order chi connectivity index (χ1) is 8.03. The molecule has 1 aliphatic heterocycles. The summed E-state index contributed by atoms with van der Waals surface area (Å²) in [5, 5.41) is 8.20. The normalized spacial score (nSPS) is 14.5. The number of ether oxygens (including phenoxy) is 2. The molecule has 1 aromatic heterocycles. The topological polar surface area (TPSA) is 75.2 Å². The van der Waals surface area contributed by atoms with E-state index in [0.717, 1.165) is 22.5 Å². The molecular formula is C11H14N4O2. The van der Waals surface area contributed by atoms with Crippen LogP contribution in [0, 0.1) is 0 Å². The van der Waals surface area contributed by atoms with Crippen LogP contribution in [-0.2, 0) is 6.54 Å². The molecule has 6 heteroatoms. The van der Waals surface area contributed by atoms with Crippen molar-refractivity contribution in [3.63, 3.8) is 0 Å². The smallest absolute Gasteiger partial charge is 0.231 e. The van der Waals surface area contributed by atoms with Crippen molar-refractivity contribution in [2.24, 2.45) is 5.73 Å². The second kappa shape index (κ2) is 3.33. The number of aromatic nitrogens is 3. The minimum absolute atomic E-state index is 0.262. The van der Waals surface area contributed by atoms with Crippen molar-refractivity contribution in [1.29, 1.82) is 0 Å². The molecule has 2 N–H and O–H groups in total. The molecule has 0 bridgehead atoms. The van der Waals surface area contributed by atoms with Gasteiger partial charge in [-0.1, -0.05) is 5.21 Å². The maximum atomic E-state index is 5.99. The van der Waals surface area contributed by atoms with Crippen molar-refractivity contribution in [2.75, 3.05) is 6.79 Å². The highest BCUT2D eigenvalue weighted by Gasteiger charge is 2.19. The number of hydrogen-bond acceptors (Lipinski definition) is 5. The lowest BCUT2D eigenvalue weighted by molar-refractivity contribution is 0.174. The summed E-state index contributed by atoms with van der Waals surface area (Å²) in [4.78, 5) is 0. The summed E-state index contributed by atoms with van der Waals surface area (Å²) in [5.41, 5.74) is 7.35. The largest absolute Gasteiger partial charge is 0.454 e. The molecule has 0 fully saturated rings. The molecule has 17 heavy (non-hydrogen) atoms. The van der Waals surface area contributed by atoms with Gasteiger partial charge in [-0.3, -0.25) is 0 Å². The first-order valence-electron chi connectivity index (χ1n) is 5.45. The number of nitrogens with two attached hydrogens (primary N) is 1. The summed E-state index contributed by atoms with van der Waals surface area (Å²) < 4.78 is 12.4. The third kappa shape index (κ3) is 1.80. The predicted molar refractivity (Wildman–Crippen MR) is 61.9 cm³/mol. The maximum absolute atomic E-state index is 5.99. The second-order valence-corrected chi connectivity index (χ2v) is 4.93. The fraction of sp³-hybridized carbons (Fsp3) is 0.455. The van der Waals surface area contributed by atoms with Crippen molar-refractivity contribution < 1.29 is 9.47 Å². The monoisotopic (exact) mass is 234 g/mol. The average Bonchev–Trinajstić information content (AvgIpc) is 2.80. The predicted octanol–water partition coefficient (Wildman–Crippen LogP) is 0.897. The van der Waals surface area contributed by atoms with Crippen LogP contribution in [0.3, 0.4) is 0 Å². The van der Waals surface area contributed by atoms with Crippen molar-refractivity contribution in [3.8, 4) is 11.5 Å². The average molecular weight is 234 g/mol. The molecule has 0 aliphatic carbocycles. The fourth-order valence-corrected chi connectivity index (χ4v) is 1.86. The van der Waals surface area contributed by atoms with Crippen LogP contribution in [0.15, 0.2) is 12.1 Å². The lowest BCUT2D eigenvalue weighted by Gasteiger charge is -2.18. The molecular weight excluding hydrogens is 220 g/mol. The SMILES string of the molecule is CC(C)(N)Cn1nnc2cc3c(cc21)OCO3. The van der Waals surface area contributed by atoms with Crippen LogP contribution >= 0.6 is 0 Å². The van der Waals surface area contributed by atoms with Crippen LogP contribution in [0.4, 0.5) is 0 Å². The van der Waals surface area contributed by atoms with E-state index in [1.54, 1.807) is 4.68 Å². The molecule has 0 unspecified atom stereocenters. The number of rotatable bonds is 2. The van der Waals surface area contributed by atoms with Gasteiger partial charge in [-0.15, -0.1) is 5.10 Å². The van der Waals surface area contributed by atoms with E-state index in [1.807, 2.05) is 26.0 Å². The molecule has 2 aromatic rings. The number of hydrogen-bond donors (Lipinski definition) is 1. The second-order valence-electron chi connectivity index (χ2n) is 4.93. The molecule has 1 aliphatic rings. The Balaban J connectivity index is 2.09. The van der Waals surface area contributed by atoms with E-state index < -0.39 is 0 Å². The van der Waals surface area contributed by atoms with E-state index in [0.29, 0.717) is 6.54 Å². The number of nitrogens with zero attached hydrogens (tertiary/aromatic N) is 3. The Morgan fingerprint density at radius 1 is 1.35 bits per heavy atom. The first kappa shape index (κ1) is 10.3. The van der Waals surface area contributed by atoms with Crippen LogP contribution in [0.1, 0.15) is 13.8 Å². The Labute approximate surface area is 98.3 Å². The van der Waals surface area contributed by atoms with Crippen LogP contribution in [0.25, 0.3) is 11.0 Å². The summed E-state index contributed by atoms with van der Waals surface area (Å²) >= 11 is 0. The fourth-order valence-electron chi connectivity index (χ4n) is 1.86. The molecule has 0 saturated heterocycles. The molecule has 0 atom stereocenters. The molecule has 2 heterocycles. The first-order valence-corrected chi connectivity index (χ1v) is 5.45. The summed E-state index contributed by atoms with van der Waals surface area (Å²) in [7, 11) is 0. The van der Waals surface area contributed by atoms with Crippen molar-refractivity contribution in [2.45, 2.75) is 25.9 Å². The molecule has 0 radical (unpaired) electrons. The number of fused-ring (bicyclic) bond motifs is 2. The quantitative estimate of drug-likeness (QED) is 0.835. The van der Waals surface area contributed by atoms with Gasteiger partial charge in [-0.2, -0.15) is 0 Å². The van der Waals surface area contributed by atoms with Crippen LogP contribution in [0.2, 0.25) is 0 Å². The highest BCUT2D eigenvalue weighted by atomic mass is 16.7. The summed E-state index contributed by atoms with van der Waals surface area (Å²) in [5.74, 6) is 1.45. The Morgan fingerprint density at radius 2 is 2.06 bits per heavy atom. The highest BCUT2D eigenvalue weighted by Crippen LogP contribution is 2.35. The lowest BCUT2D eigenvalue weighted by atomic mass is 10.1.